The van der Waals surface area contributed by atoms with Gasteiger partial charge in [0.25, 0.3) is 0 Å². The second-order valence-electron chi connectivity index (χ2n) is 27.2. The lowest BCUT2D eigenvalue weighted by Crippen LogP contribution is -2.30. The molecule has 0 fully saturated rings. The molecule has 93 heavy (non-hydrogen) atoms. The van der Waals surface area contributed by atoms with Crippen LogP contribution in [0.15, 0.2) is 24.3 Å². The number of aliphatic hydroxyl groups is 1. The molecule has 548 valence electrons. The summed E-state index contributed by atoms with van der Waals surface area (Å²) in [6, 6.07) is 0. The van der Waals surface area contributed by atoms with E-state index in [9.17, 15) is 43.2 Å². The molecular weight excluding hydrogens is 1220 g/mol. The zero-order chi connectivity index (χ0) is 68.7. The third-order valence-corrected chi connectivity index (χ3v) is 18.8. The van der Waals surface area contributed by atoms with Crippen molar-refractivity contribution in [1.82, 2.24) is 0 Å². The highest BCUT2D eigenvalue weighted by atomic mass is 31.2. The largest absolute Gasteiger partial charge is 0.472 e. The number of esters is 4. The van der Waals surface area contributed by atoms with Crippen LogP contribution in [0.5, 0.6) is 0 Å². The average molecular weight is 1360 g/mol. The normalized spacial score (nSPS) is 14.6. The number of aliphatic hydroxyl groups excluding tert-OH is 1. The Morgan fingerprint density at radius 2 is 0.634 bits per heavy atom. The van der Waals surface area contributed by atoms with Crippen LogP contribution < -0.4 is 0 Å². The second-order valence-corrected chi connectivity index (χ2v) is 30.1. The molecule has 0 amide bonds. The van der Waals surface area contributed by atoms with E-state index in [1.54, 1.807) is 0 Å². The van der Waals surface area contributed by atoms with Crippen molar-refractivity contribution in [3.63, 3.8) is 0 Å². The van der Waals surface area contributed by atoms with Crippen LogP contribution in [-0.2, 0) is 65.4 Å². The fraction of sp³-hybridized carbons (Fsp3) is 0.892. The van der Waals surface area contributed by atoms with Gasteiger partial charge in [0.1, 0.15) is 19.3 Å². The van der Waals surface area contributed by atoms with E-state index in [1.807, 2.05) is 0 Å². The van der Waals surface area contributed by atoms with Crippen molar-refractivity contribution < 1.29 is 80.2 Å². The maximum absolute atomic E-state index is 13.1. The van der Waals surface area contributed by atoms with Gasteiger partial charge >= 0.3 is 39.5 Å². The van der Waals surface area contributed by atoms with E-state index in [4.69, 9.17) is 37.0 Å². The Labute approximate surface area is 567 Å². The molecule has 4 unspecified atom stereocenters. The molecule has 0 heterocycles. The topological polar surface area (TPSA) is 237 Å². The molecule has 17 nitrogen and oxygen atoms in total. The first-order chi connectivity index (χ1) is 44.8. The molecule has 0 bridgehead atoms. The van der Waals surface area contributed by atoms with Gasteiger partial charge in [-0.25, -0.2) is 9.13 Å². The third-order valence-electron chi connectivity index (χ3n) is 16.9. The van der Waals surface area contributed by atoms with E-state index >= 15 is 0 Å². The predicted octanol–water partition coefficient (Wildman–Crippen LogP) is 21.0. The van der Waals surface area contributed by atoms with Gasteiger partial charge in [0.2, 0.25) is 0 Å². The van der Waals surface area contributed by atoms with Gasteiger partial charge < -0.3 is 33.8 Å². The Morgan fingerprint density at radius 3 is 0.957 bits per heavy atom. The minimum atomic E-state index is -4.96. The van der Waals surface area contributed by atoms with Gasteiger partial charge in [-0.15, -0.1) is 0 Å². The SMILES string of the molecule is CCCCCC/C=C\C=C/CCCCCCCC(=O)O[C@H](COC(=O)CCCCCCCCCC(C)C)COP(=O)(O)OCC(O)COP(=O)(O)OC[C@@H](COC(=O)CCCCCCCCCCCCC(C)CC)OC(=O)CCCCCCCCCCCCCC(C)C. The van der Waals surface area contributed by atoms with Crippen LogP contribution in [0.4, 0.5) is 0 Å². The molecule has 0 aliphatic rings. The third kappa shape index (κ3) is 66.6. The van der Waals surface area contributed by atoms with Crippen LogP contribution in [0, 0.1) is 17.8 Å². The summed E-state index contributed by atoms with van der Waals surface area (Å²) in [4.78, 5) is 72.7. The van der Waals surface area contributed by atoms with Crippen molar-refractivity contribution in [2.75, 3.05) is 39.6 Å². The number of hydrogen-bond acceptors (Lipinski definition) is 15. The number of rotatable bonds is 70. The van der Waals surface area contributed by atoms with E-state index in [0.29, 0.717) is 31.6 Å². The lowest BCUT2D eigenvalue weighted by molar-refractivity contribution is -0.161. The predicted molar refractivity (Wildman–Crippen MR) is 377 cm³/mol. The summed E-state index contributed by atoms with van der Waals surface area (Å²) < 4.78 is 68.4. The summed E-state index contributed by atoms with van der Waals surface area (Å²) >= 11 is 0. The molecule has 0 radical (unpaired) electrons. The Bertz CT molecular complexity index is 1910. The van der Waals surface area contributed by atoms with Crippen molar-refractivity contribution in [3.8, 4) is 0 Å². The van der Waals surface area contributed by atoms with Gasteiger partial charge in [-0.1, -0.05) is 297 Å². The Kier molecular flexibility index (Phi) is 62.5. The quantitative estimate of drug-likeness (QED) is 0.0169. The molecule has 0 spiro atoms. The second kappa shape index (κ2) is 64.2. The summed E-state index contributed by atoms with van der Waals surface area (Å²) in [5.74, 6) is 0.121. The molecule has 0 aromatic carbocycles. The minimum Gasteiger partial charge on any atom is -0.462 e. The fourth-order valence-electron chi connectivity index (χ4n) is 10.7. The number of allylic oxidation sites excluding steroid dienone is 4. The van der Waals surface area contributed by atoms with Crippen molar-refractivity contribution >= 4 is 39.5 Å². The van der Waals surface area contributed by atoms with Crippen molar-refractivity contribution in [1.29, 1.82) is 0 Å². The summed E-state index contributed by atoms with van der Waals surface area (Å²) in [6.45, 7) is 11.8. The first-order valence-electron chi connectivity index (χ1n) is 37.7. The summed E-state index contributed by atoms with van der Waals surface area (Å²) in [6.07, 6.45) is 52.1. The summed E-state index contributed by atoms with van der Waals surface area (Å²) in [5, 5.41) is 10.6. The number of ether oxygens (including phenoxy) is 4. The lowest BCUT2D eigenvalue weighted by atomic mass is 9.99. The molecule has 19 heteroatoms. The maximum atomic E-state index is 13.1. The zero-order valence-electron chi connectivity index (χ0n) is 60.2. The van der Waals surface area contributed by atoms with Gasteiger partial charge in [-0.05, 0) is 69.1 Å². The Hall–Kier alpha value is -2.46. The highest BCUT2D eigenvalue weighted by Crippen LogP contribution is 2.45. The fourth-order valence-corrected chi connectivity index (χ4v) is 12.3. The lowest BCUT2D eigenvalue weighted by Gasteiger charge is -2.21. The molecule has 0 aromatic heterocycles. The van der Waals surface area contributed by atoms with Crippen LogP contribution in [-0.4, -0.2) is 96.7 Å². The van der Waals surface area contributed by atoms with E-state index < -0.39 is 97.5 Å². The molecular formula is C74H140O17P2. The number of carbonyl (C=O) groups excluding carboxylic acids is 4. The van der Waals surface area contributed by atoms with E-state index in [0.717, 1.165) is 121 Å². The molecule has 0 saturated heterocycles. The molecule has 0 aliphatic carbocycles. The number of carbonyl (C=O) groups is 4. The van der Waals surface area contributed by atoms with Gasteiger partial charge in [0.05, 0.1) is 26.4 Å². The summed E-state index contributed by atoms with van der Waals surface area (Å²) in [5.41, 5.74) is 0. The van der Waals surface area contributed by atoms with Gasteiger partial charge in [0, 0.05) is 25.7 Å². The van der Waals surface area contributed by atoms with E-state index in [2.05, 4.69) is 72.8 Å². The first kappa shape index (κ1) is 90.5. The van der Waals surface area contributed by atoms with Crippen LogP contribution in [0.25, 0.3) is 0 Å². The van der Waals surface area contributed by atoms with Gasteiger partial charge in [0.15, 0.2) is 12.2 Å². The van der Waals surface area contributed by atoms with Crippen molar-refractivity contribution in [2.24, 2.45) is 17.8 Å². The Morgan fingerprint density at radius 1 is 0.355 bits per heavy atom. The smallest absolute Gasteiger partial charge is 0.462 e. The van der Waals surface area contributed by atoms with E-state index in [-0.39, 0.29) is 25.7 Å². The van der Waals surface area contributed by atoms with Gasteiger partial charge in [-0.2, -0.15) is 0 Å². The van der Waals surface area contributed by atoms with Crippen LogP contribution >= 0.6 is 15.6 Å². The standard InChI is InChI=1S/C74H140O17P2/c1-8-10-11-12-13-14-15-16-17-18-21-28-35-43-50-57-73(78)91-70(62-85-72(77)56-49-42-37-30-32-39-46-53-66(5)6)64-89-93(82,83)87-60-68(75)59-86-92(80,81)88-63-69(90-74(79)58-51-44-36-29-22-19-20-25-31-38-45-52-65(3)4)61-84-71(76)55-48-41-34-27-24-23-26-33-40-47-54-67(7)9-2/h14-17,65-70,75H,8-13,18-64H2,1-7H3,(H,80,81)(H,82,83)/b15-14-,17-16-/t67?,68?,69-,70-/m1/s1. The zero-order valence-corrected chi connectivity index (χ0v) is 62.0. The number of unbranched alkanes of at least 4 members (excludes halogenated alkanes) is 34. The maximum Gasteiger partial charge on any atom is 0.472 e. The average Bonchev–Trinajstić information content (AvgIpc) is 2.77. The van der Waals surface area contributed by atoms with Crippen LogP contribution in [0.2, 0.25) is 0 Å². The van der Waals surface area contributed by atoms with E-state index in [1.165, 1.54) is 141 Å². The highest BCUT2D eigenvalue weighted by molar-refractivity contribution is 7.47. The number of phosphoric acid groups is 2. The monoisotopic (exact) mass is 1360 g/mol. The van der Waals surface area contributed by atoms with Crippen molar-refractivity contribution in [3.05, 3.63) is 24.3 Å². The highest BCUT2D eigenvalue weighted by Gasteiger charge is 2.30. The molecule has 0 aliphatic heterocycles. The first-order valence-corrected chi connectivity index (χ1v) is 40.7. The van der Waals surface area contributed by atoms with Crippen LogP contribution in [0.3, 0.4) is 0 Å². The minimum absolute atomic E-state index is 0.0839. The van der Waals surface area contributed by atoms with Crippen molar-refractivity contribution in [2.45, 2.75) is 369 Å². The molecule has 0 saturated carbocycles. The van der Waals surface area contributed by atoms with Gasteiger partial charge in [-0.3, -0.25) is 37.3 Å². The molecule has 3 N–H and O–H groups in total. The Balaban J connectivity index is 5.30. The number of phosphoric ester groups is 2. The molecule has 0 rings (SSSR count). The summed E-state index contributed by atoms with van der Waals surface area (Å²) in [7, 11) is -9.92. The molecule has 0 aromatic rings. The number of hydrogen-bond donors (Lipinski definition) is 3. The molecule has 6 atom stereocenters. The van der Waals surface area contributed by atoms with Crippen LogP contribution in [0.1, 0.15) is 350 Å².